The van der Waals surface area contributed by atoms with Crippen LogP contribution in [0.1, 0.15) is 28.7 Å². The van der Waals surface area contributed by atoms with Gasteiger partial charge in [0.25, 0.3) is 5.91 Å². The van der Waals surface area contributed by atoms with Gasteiger partial charge in [0.2, 0.25) is 0 Å². The number of methoxy groups -OCH3 is 1. The van der Waals surface area contributed by atoms with Crippen LogP contribution in [0.25, 0.3) is 0 Å². The number of anilines is 1. The van der Waals surface area contributed by atoms with E-state index in [-0.39, 0.29) is 17.6 Å². The highest BCUT2D eigenvalue weighted by atomic mass is 28.3. The Balaban J connectivity index is 1.51. The molecule has 2 aliphatic rings. The Hall–Kier alpha value is -3.58. The zero-order valence-corrected chi connectivity index (χ0v) is 22.2. The highest BCUT2D eigenvalue weighted by molar-refractivity contribution is 6.79. The summed E-state index contributed by atoms with van der Waals surface area (Å²) in [6, 6.07) is 27.4. The maximum absolute atomic E-state index is 13.6. The number of nitrogens with one attached hydrogen (secondary N) is 1. The molecule has 6 nitrogen and oxygen atoms in total. The zero-order valence-electron chi connectivity index (χ0n) is 21.2. The molecule has 3 aromatic carbocycles. The van der Waals surface area contributed by atoms with E-state index in [1.165, 1.54) is 11.1 Å². The van der Waals surface area contributed by atoms with Gasteiger partial charge in [0.15, 0.2) is 5.54 Å². The Morgan fingerprint density at radius 3 is 2.22 bits per heavy atom. The average molecular weight is 501 g/mol. The fourth-order valence-electron chi connectivity index (χ4n) is 6.10. The molecule has 2 heterocycles. The van der Waals surface area contributed by atoms with Gasteiger partial charge in [-0.25, -0.2) is 4.79 Å². The maximum atomic E-state index is 13.6. The van der Waals surface area contributed by atoms with Gasteiger partial charge in [-0.3, -0.25) is 4.79 Å². The zero-order chi connectivity index (χ0) is 25.5. The maximum Gasteiger partial charge on any atom is 0.408 e. The van der Waals surface area contributed by atoms with Gasteiger partial charge < -0.3 is 19.7 Å². The average Bonchev–Trinajstić information content (AvgIpc) is 3.05. The molecule has 7 heteroatoms. The van der Waals surface area contributed by atoms with Crippen molar-refractivity contribution in [1.82, 2.24) is 5.32 Å². The molecular formula is C29H32N2O4Si. The van der Waals surface area contributed by atoms with Crippen LogP contribution in [-0.2, 0) is 15.1 Å². The van der Waals surface area contributed by atoms with Crippen molar-refractivity contribution < 1.29 is 19.1 Å². The molecule has 2 aliphatic heterocycles. The summed E-state index contributed by atoms with van der Waals surface area (Å²) in [6.07, 6.45) is -0.552. The van der Waals surface area contributed by atoms with E-state index < -0.39 is 19.7 Å². The van der Waals surface area contributed by atoms with Crippen LogP contribution in [0.4, 0.5) is 10.5 Å². The van der Waals surface area contributed by atoms with Crippen LogP contribution in [0.3, 0.4) is 0 Å². The number of fused-ring (bicyclic) bond motifs is 2. The second-order valence-corrected chi connectivity index (χ2v) is 15.4. The van der Waals surface area contributed by atoms with E-state index in [0.717, 1.165) is 17.3 Å². The van der Waals surface area contributed by atoms with Crippen LogP contribution in [0.2, 0.25) is 19.1 Å². The van der Waals surface area contributed by atoms with Crippen LogP contribution >= 0.6 is 0 Å². The van der Waals surface area contributed by atoms with Gasteiger partial charge in [-0.15, -0.1) is 0 Å². The van der Waals surface area contributed by atoms with Gasteiger partial charge in [0.1, 0.15) is 11.9 Å². The minimum Gasteiger partial charge on any atom is -0.497 e. The van der Waals surface area contributed by atoms with Crippen molar-refractivity contribution in [2.24, 2.45) is 0 Å². The van der Waals surface area contributed by atoms with Crippen molar-refractivity contribution in [3.8, 4) is 5.75 Å². The van der Waals surface area contributed by atoms with Crippen molar-refractivity contribution in [2.75, 3.05) is 19.1 Å². The van der Waals surface area contributed by atoms with Gasteiger partial charge in [-0.2, -0.15) is 0 Å². The Bertz CT molecular complexity index is 1240. The standard InChI is InChI=1S/C29H32N2O4Si/c1-31-25-16-15-22(34-2)17-24(25)29(27(31)32)18-23(35-28(33)30-29)19-36(3,4)26(20-11-7-5-8-12-20)21-13-9-6-10-14-21/h5-17,23,26H,18-19H2,1-4H3,(H,30,33)/t23-,29+/m0/s1. The number of amides is 2. The van der Waals surface area contributed by atoms with Crippen molar-refractivity contribution in [3.05, 3.63) is 95.6 Å². The summed E-state index contributed by atoms with van der Waals surface area (Å²) in [5, 5.41) is 2.90. The Morgan fingerprint density at radius 2 is 1.64 bits per heavy atom. The molecule has 5 rings (SSSR count). The van der Waals surface area contributed by atoms with Gasteiger partial charge in [-0.05, 0) is 35.4 Å². The number of rotatable bonds is 6. The lowest BCUT2D eigenvalue weighted by molar-refractivity contribution is -0.126. The van der Waals surface area contributed by atoms with Crippen LogP contribution < -0.4 is 15.0 Å². The number of likely N-dealkylation sites (N-methyl/N-ethyl adjacent to an activating group) is 1. The molecular weight excluding hydrogens is 468 g/mol. The second kappa shape index (κ2) is 9.13. The lowest BCUT2D eigenvalue weighted by Crippen LogP contribution is -2.59. The lowest BCUT2D eigenvalue weighted by atomic mass is 9.85. The van der Waals surface area contributed by atoms with E-state index in [2.05, 4.69) is 66.9 Å². The van der Waals surface area contributed by atoms with E-state index >= 15 is 0 Å². The number of hydrogen-bond donors (Lipinski definition) is 1. The van der Waals surface area contributed by atoms with Crippen molar-refractivity contribution in [3.63, 3.8) is 0 Å². The van der Waals surface area contributed by atoms with Crippen LogP contribution in [0, 0.1) is 0 Å². The van der Waals surface area contributed by atoms with Crippen LogP contribution in [-0.4, -0.2) is 40.3 Å². The second-order valence-electron chi connectivity index (χ2n) is 10.5. The minimum atomic E-state index is -2.10. The molecule has 0 aromatic heterocycles. The summed E-state index contributed by atoms with van der Waals surface area (Å²) in [6.45, 7) is 4.69. The van der Waals surface area contributed by atoms with Gasteiger partial charge in [-0.1, -0.05) is 73.8 Å². The first-order valence-corrected chi connectivity index (χ1v) is 15.6. The fourth-order valence-corrected chi connectivity index (χ4v) is 9.93. The number of carbonyl (C=O) groups is 2. The molecule has 0 aliphatic carbocycles. The van der Waals surface area contributed by atoms with E-state index in [9.17, 15) is 9.59 Å². The molecule has 1 fully saturated rings. The molecule has 0 unspecified atom stereocenters. The summed E-state index contributed by atoms with van der Waals surface area (Å²) in [7, 11) is 1.25. The summed E-state index contributed by atoms with van der Waals surface area (Å²) >= 11 is 0. The fraction of sp³-hybridized carbons (Fsp3) is 0.310. The van der Waals surface area contributed by atoms with Crippen LogP contribution in [0.5, 0.6) is 5.75 Å². The molecule has 1 spiro atoms. The summed E-state index contributed by atoms with van der Waals surface area (Å²) in [5.74, 6) is 0.506. The third-order valence-electron chi connectivity index (χ3n) is 7.62. The summed E-state index contributed by atoms with van der Waals surface area (Å²) in [5.41, 5.74) is 3.14. The minimum absolute atomic E-state index is 0.144. The monoisotopic (exact) mass is 500 g/mol. The number of hydrogen-bond acceptors (Lipinski definition) is 4. The molecule has 0 bridgehead atoms. The SMILES string of the molecule is COc1ccc2c(c1)[C@]1(C[C@@H](C[Si](C)(C)C(c3ccccc3)c3ccccc3)OC(=O)N1)C(=O)N2C. The summed E-state index contributed by atoms with van der Waals surface area (Å²) in [4.78, 5) is 28.1. The predicted octanol–water partition coefficient (Wildman–Crippen LogP) is 5.45. The number of alkyl carbamates (subject to hydrolysis) is 1. The molecule has 0 saturated carbocycles. The Kier molecular flexibility index (Phi) is 6.12. The number of benzene rings is 3. The third kappa shape index (κ3) is 4.07. The Labute approximate surface area is 213 Å². The van der Waals surface area contributed by atoms with E-state index in [1.54, 1.807) is 19.1 Å². The van der Waals surface area contributed by atoms with Crippen molar-refractivity contribution in [2.45, 2.75) is 42.7 Å². The molecule has 0 radical (unpaired) electrons. The topological polar surface area (TPSA) is 67.9 Å². The largest absolute Gasteiger partial charge is 0.497 e. The predicted molar refractivity (Wildman–Crippen MR) is 143 cm³/mol. The number of nitrogens with zero attached hydrogens (tertiary/aromatic N) is 1. The van der Waals surface area contributed by atoms with Crippen molar-refractivity contribution >= 4 is 25.8 Å². The van der Waals surface area contributed by atoms with Crippen molar-refractivity contribution in [1.29, 1.82) is 0 Å². The van der Waals surface area contributed by atoms with E-state index in [1.807, 2.05) is 30.3 Å². The van der Waals surface area contributed by atoms with Crippen LogP contribution in [0.15, 0.2) is 78.9 Å². The summed E-state index contributed by atoms with van der Waals surface area (Å²) < 4.78 is 11.3. The Morgan fingerprint density at radius 1 is 1.03 bits per heavy atom. The highest BCUT2D eigenvalue weighted by Gasteiger charge is 2.56. The molecule has 2 amide bonds. The lowest BCUT2D eigenvalue weighted by Gasteiger charge is -2.41. The first kappa shape index (κ1) is 24.1. The molecule has 186 valence electrons. The smallest absolute Gasteiger partial charge is 0.408 e. The number of carbonyl (C=O) groups excluding carboxylic acids is 2. The number of ether oxygens (including phenoxy) is 2. The quantitative estimate of drug-likeness (QED) is 0.458. The van der Waals surface area contributed by atoms with Gasteiger partial charge in [0, 0.05) is 30.3 Å². The molecule has 36 heavy (non-hydrogen) atoms. The van der Waals surface area contributed by atoms with E-state index in [4.69, 9.17) is 9.47 Å². The third-order valence-corrected chi connectivity index (χ3v) is 11.4. The first-order chi connectivity index (χ1) is 17.2. The number of cyclic esters (lactones) is 1. The first-order valence-electron chi connectivity index (χ1n) is 12.3. The van der Waals surface area contributed by atoms with Gasteiger partial charge >= 0.3 is 6.09 Å². The molecule has 3 aromatic rings. The molecule has 2 atom stereocenters. The molecule has 1 N–H and O–H groups in total. The highest BCUT2D eigenvalue weighted by Crippen LogP contribution is 2.47. The molecule has 1 saturated heterocycles. The van der Waals surface area contributed by atoms with E-state index in [0.29, 0.717) is 12.2 Å². The normalized spacial score (nSPS) is 21.4. The van der Waals surface area contributed by atoms with Gasteiger partial charge in [0.05, 0.1) is 15.2 Å².